The first-order valence-electron chi connectivity index (χ1n) is 7.49. The summed E-state index contributed by atoms with van der Waals surface area (Å²) in [4.78, 5) is 4.52. The Bertz CT molecular complexity index is 877. The molecule has 124 valence electrons. The lowest BCUT2D eigenvalue weighted by atomic mass is 9.87. The standard InChI is InChI=1S/C18H17I2N3S/c1-18(2,3)12-9-13(19)11(8-14(12)20)10-21-23-17-22-15-6-4-5-7-16(15)24-17/h4-10H,1-3H3,(H,22,23)/b21-10+. The highest BCUT2D eigenvalue weighted by atomic mass is 127. The van der Waals surface area contributed by atoms with Gasteiger partial charge in [0.2, 0.25) is 5.13 Å². The average Bonchev–Trinajstić information content (AvgIpc) is 2.92. The molecule has 3 aromatic rings. The van der Waals surface area contributed by atoms with Crippen LogP contribution in [0.1, 0.15) is 31.9 Å². The van der Waals surface area contributed by atoms with Crippen molar-refractivity contribution >= 4 is 78.1 Å². The number of halogens is 2. The fraction of sp³-hybridized carbons (Fsp3) is 0.222. The van der Waals surface area contributed by atoms with Crippen LogP contribution in [0.5, 0.6) is 0 Å². The van der Waals surface area contributed by atoms with E-state index in [0.29, 0.717) is 0 Å². The maximum Gasteiger partial charge on any atom is 0.204 e. The van der Waals surface area contributed by atoms with Crippen molar-refractivity contribution in [1.29, 1.82) is 0 Å². The van der Waals surface area contributed by atoms with Crippen LogP contribution in [0.25, 0.3) is 10.2 Å². The van der Waals surface area contributed by atoms with Gasteiger partial charge in [-0.2, -0.15) is 5.10 Å². The molecule has 1 aromatic heterocycles. The van der Waals surface area contributed by atoms with Crippen LogP contribution in [0.2, 0.25) is 0 Å². The van der Waals surface area contributed by atoms with Crippen LogP contribution in [0.15, 0.2) is 41.5 Å². The number of benzene rings is 2. The molecule has 0 aliphatic carbocycles. The first kappa shape index (κ1) is 18.1. The Morgan fingerprint density at radius 1 is 1.12 bits per heavy atom. The van der Waals surface area contributed by atoms with E-state index in [9.17, 15) is 0 Å². The molecule has 0 unspecified atom stereocenters. The van der Waals surface area contributed by atoms with Crippen LogP contribution in [-0.4, -0.2) is 11.2 Å². The predicted molar refractivity (Wildman–Crippen MR) is 121 cm³/mol. The molecular weight excluding hydrogens is 544 g/mol. The number of fused-ring (bicyclic) bond motifs is 1. The van der Waals surface area contributed by atoms with E-state index < -0.39 is 0 Å². The summed E-state index contributed by atoms with van der Waals surface area (Å²) in [6.45, 7) is 6.72. The third kappa shape index (κ3) is 4.08. The van der Waals surface area contributed by atoms with Crippen LogP contribution >= 0.6 is 56.5 Å². The number of hydrogen-bond acceptors (Lipinski definition) is 4. The molecule has 0 aliphatic heterocycles. The summed E-state index contributed by atoms with van der Waals surface area (Å²) in [7, 11) is 0. The summed E-state index contributed by atoms with van der Waals surface area (Å²) in [6, 6.07) is 12.5. The molecule has 3 rings (SSSR count). The van der Waals surface area contributed by atoms with Crippen molar-refractivity contribution < 1.29 is 0 Å². The lowest BCUT2D eigenvalue weighted by Gasteiger charge is -2.21. The quantitative estimate of drug-likeness (QED) is 0.233. The number of hydrogen-bond donors (Lipinski definition) is 1. The Morgan fingerprint density at radius 2 is 1.88 bits per heavy atom. The van der Waals surface area contributed by atoms with Crippen molar-refractivity contribution in [2.45, 2.75) is 26.2 Å². The molecule has 0 radical (unpaired) electrons. The molecule has 6 heteroatoms. The fourth-order valence-electron chi connectivity index (χ4n) is 2.31. The molecule has 1 heterocycles. The Balaban J connectivity index is 1.80. The third-order valence-corrected chi connectivity index (χ3v) is 6.32. The van der Waals surface area contributed by atoms with Gasteiger partial charge in [0.15, 0.2) is 0 Å². The molecule has 24 heavy (non-hydrogen) atoms. The molecule has 0 atom stereocenters. The normalized spacial score (nSPS) is 12.2. The first-order chi connectivity index (χ1) is 11.3. The Kier molecular flexibility index (Phi) is 5.45. The van der Waals surface area contributed by atoms with Gasteiger partial charge in [-0.15, -0.1) is 0 Å². The van der Waals surface area contributed by atoms with Crippen LogP contribution < -0.4 is 5.43 Å². The topological polar surface area (TPSA) is 37.3 Å². The number of aromatic nitrogens is 1. The summed E-state index contributed by atoms with van der Waals surface area (Å²) in [5.41, 5.74) is 6.67. The van der Waals surface area contributed by atoms with Crippen molar-refractivity contribution in [3.63, 3.8) is 0 Å². The molecule has 0 bridgehead atoms. The predicted octanol–water partition coefficient (Wildman–Crippen LogP) is 6.25. The summed E-state index contributed by atoms with van der Waals surface area (Å²) in [5.74, 6) is 0. The maximum absolute atomic E-state index is 4.52. The highest BCUT2D eigenvalue weighted by molar-refractivity contribution is 14.1. The van der Waals surface area contributed by atoms with Crippen molar-refractivity contribution in [3.05, 3.63) is 54.7 Å². The molecular formula is C18H17I2N3S. The smallest absolute Gasteiger partial charge is 0.204 e. The first-order valence-corrected chi connectivity index (χ1v) is 10.5. The molecule has 2 aromatic carbocycles. The summed E-state index contributed by atoms with van der Waals surface area (Å²) in [5, 5.41) is 5.17. The lowest BCUT2D eigenvalue weighted by molar-refractivity contribution is 0.586. The van der Waals surface area contributed by atoms with Gasteiger partial charge in [0.05, 0.1) is 16.4 Å². The molecule has 0 saturated carbocycles. The monoisotopic (exact) mass is 561 g/mol. The number of hydrazone groups is 1. The summed E-state index contributed by atoms with van der Waals surface area (Å²) < 4.78 is 3.63. The largest absolute Gasteiger partial charge is 0.253 e. The molecule has 3 nitrogen and oxygen atoms in total. The van der Waals surface area contributed by atoms with Gasteiger partial charge in [-0.25, -0.2) is 4.98 Å². The summed E-state index contributed by atoms with van der Waals surface area (Å²) >= 11 is 6.38. The summed E-state index contributed by atoms with van der Waals surface area (Å²) in [6.07, 6.45) is 1.86. The van der Waals surface area contributed by atoms with E-state index in [1.807, 2.05) is 24.4 Å². The van der Waals surface area contributed by atoms with E-state index in [4.69, 9.17) is 0 Å². The Hall–Kier alpha value is -0.740. The number of anilines is 1. The number of nitrogens with one attached hydrogen (secondary N) is 1. The lowest BCUT2D eigenvalue weighted by Crippen LogP contribution is -2.14. The van der Waals surface area contributed by atoms with Gasteiger partial charge >= 0.3 is 0 Å². The Labute approximate surface area is 173 Å². The molecule has 0 fully saturated rings. The van der Waals surface area contributed by atoms with Crippen molar-refractivity contribution in [3.8, 4) is 0 Å². The van der Waals surface area contributed by atoms with Crippen LogP contribution in [0.3, 0.4) is 0 Å². The van der Waals surface area contributed by atoms with E-state index >= 15 is 0 Å². The molecule has 0 saturated heterocycles. The maximum atomic E-state index is 4.52. The zero-order chi connectivity index (χ0) is 17.3. The van der Waals surface area contributed by atoms with Gasteiger partial charge in [-0.3, -0.25) is 5.43 Å². The van der Waals surface area contributed by atoms with E-state index in [-0.39, 0.29) is 5.41 Å². The second-order valence-corrected chi connectivity index (χ2v) is 9.82. The molecule has 0 amide bonds. The van der Waals surface area contributed by atoms with Gasteiger partial charge in [-0.05, 0) is 80.4 Å². The minimum Gasteiger partial charge on any atom is -0.253 e. The SMILES string of the molecule is CC(C)(C)c1cc(I)c(/C=N/Nc2nc3ccccc3s2)cc1I. The van der Waals surface area contributed by atoms with Crippen molar-refractivity contribution in [2.75, 3.05) is 5.43 Å². The zero-order valence-corrected chi connectivity index (χ0v) is 18.7. The minimum absolute atomic E-state index is 0.144. The van der Waals surface area contributed by atoms with Crippen LogP contribution in [-0.2, 0) is 5.41 Å². The van der Waals surface area contributed by atoms with Gasteiger partial charge in [0, 0.05) is 12.7 Å². The minimum atomic E-state index is 0.144. The van der Waals surface area contributed by atoms with Gasteiger partial charge in [-0.1, -0.05) is 44.2 Å². The van der Waals surface area contributed by atoms with E-state index in [2.05, 4.69) is 99.7 Å². The second kappa shape index (κ2) is 7.25. The number of nitrogens with zero attached hydrogens (tertiary/aromatic N) is 2. The van der Waals surface area contributed by atoms with Gasteiger partial charge in [0.1, 0.15) is 0 Å². The van der Waals surface area contributed by atoms with Gasteiger partial charge < -0.3 is 0 Å². The highest BCUT2D eigenvalue weighted by Gasteiger charge is 2.18. The van der Waals surface area contributed by atoms with Crippen molar-refractivity contribution in [1.82, 2.24) is 4.98 Å². The second-order valence-electron chi connectivity index (χ2n) is 6.46. The molecule has 0 spiro atoms. The Morgan fingerprint density at radius 3 is 2.58 bits per heavy atom. The number of rotatable bonds is 3. The van der Waals surface area contributed by atoms with Crippen LogP contribution in [0, 0.1) is 7.14 Å². The van der Waals surface area contributed by atoms with E-state index in [1.165, 1.54) is 12.7 Å². The average molecular weight is 561 g/mol. The third-order valence-electron chi connectivity index (χ3n) is 3.55. The molecule has 0 aliphatic rings. The highest BCUT2D eigenvalue weighted by Crippen LogP contribution is 2.30. The molecule has 1 N–H and O–H groups in total. The zero-order valence-electron chi connectivity index (χ0n) is 13.6. The van der Waals surface area contributed by atoms with E-state index in [0.717, 1.165) is 20.9 Å². The van der Waals surface area contributed by atoms with Gasteiger partial charge in [0.25, 0.3) is 0 Å². The fourth-order valence-corrected chi connectivity index (χ4v) is 5.04. The number of para-hydroxylation sites is 1. The van der Waals surface area contributed by atoms with Crippen LogP contribution in [0.4, 0.5) is 5.13 Å². The number of thiazole rings is 1. The van der Waals surface area contributed by atoms with E-state index in [1.54, 1.807) is 11.3 Å². The van der Waals surface area contributed by atoms with Crippen molar-refractivity contribution in [2.24, 2.45) is 5.10 Å².